The Morgan fingerprint density at radius 2 is 1.93 bits per heavy atom. The molecule has 0 spiro atoms. The zero-order chi connectivity index (χ0) is 10.8. The Bertz CT molecular complexity index is 223. The van der Waals surface area contributed by atoms with Gasteiger partial charge in [0.25, 0.3) is 0 Å². The number of nitrogens with zero attached hydrogens (tertiary/aromatic N) is 1. The van der Waals surface area contributed by atoms with Gasteiger partial charge in [-0.2, -0.15) is 0 Å². The lowest BCUT2D eigenvalue weighted by atomic mass is 9.82. The highest BCUT2D eigenvalue weighted by Gasteiger charge is 2.35. The van der Waals surface area contributed by atoms with Gasteiger partial charge in [0.1, 0.15) is 0 Å². The molecule has 2 aliphatic heterocycles. The minimum Gasteiger partial charge on any atom is -0.310 e. The van der Waals surface area contributed by atoms with Crippen molar-refractivity contribution in [1.29, 1.82) is 0 Å². The summed E-state index contributed by atoms with van der Waals surface area (Å²) in [5, 5.41) is 3.64. The Hall–Kier alpha value is -0.340. The van der Waals surface area contributed by atoms with Crippen molar-refractivity contribution >= 4 is 0 Å². The van der Waals surface area contributed by atoms with Gasteiger partial charge in [-0.25, -0.2) is 0 Å². The summed E-state index contributed by atoms with van der Waals surface area (Å²) >= 11 is 0. The third-order valence-electron chi connectivity index (χ3n) is 4.03. The molecule has 0 amide bonds. The summed E-state index contributed by atoms with van der Waals surface area (Å²) < 4.78 is 0. The van der Waals surface area contributed by atoms with E-state index in [0.29, 0.717) is 0 Å². The summed E-state index contributed by atoms with van der Waals surface area (Å²) in [5.74, 6) is 0. The summed E-state index contributed by atoms with van der Waals surface area (Å²) in [6.07, 6.45) is 6.91. The van der Waals surface area contributed by atoms with Gasteiger partial charge in [-0.05, 0) is 39.7 Å². The summed E-state index contributed by atoms with van der Waals surface area (Å²) in [5.41, 5.74) is 1.25. The molecule has 2 aliphatic rings. The van der Waals surface area contributed by atoms with E-state index in [2.05, 4.69) is 30.8 Å². The minimum absolute atomic E-state index is 0.730. The highest BCUT2D eigenvalue weighted by atomic mass is 15.2. The van der Waals surface area contributed by atoms with Crippen LogP contribution >= 0.6 is 0 Å². The smallest absolute Gasteiger partial charge is 0.0161 e. The number of hydrogen-bond acceptors (Lipinski definition) is 2. The van der Waals surface area contributed by atoms with Gasteiger partial charge in [-0.15, -0.1) is 0 Å². The first-order chi connectivity index (χ1) is 7.16. The van der Waals surface area contributed by atoms with Gasteiger partial charge in [0.15, 0.2) is 0 Å². The molecule has 2 rings (SSSR count). The Morgan fingerprint density at radius 3 is 2.47 bits per heavy atom. The molecule has 2 nitrogen and oxygen atoms in total. The van der Waals surface area contributed by atoms with Crippen LogP contribution in [-0.2, 0) is 0 Å². The summed E-state index contributed by atoms with van der Waals surface area (Å²) in [4.78, 5) is 2.61. The molecular weight excluding hydrogens is 184 g/mol. The molecule has 2 atom stereocenters. The van der Waals surface area contributed by atoms with Crippen LogP contribution in [0, 0.1) is 0 Å². The fraction of sp³-hybridized carbons (Fsp3) is 0.846. The third-order valence-corrected chi connectivity index (χ3v) is 4.03. The average molecular weight is 208 g/mol. The molecule has 0 aromatic heterocycles. The van der Waals surface area contributed by atoms with Gasteiger partial charge in [-0.1, -0.05) is 18.6 Å². The van der Waals surface area contributed by atoms with Crippen molar-refractivity contribution in [3.63, 3.8) is 0 Å². The van der Waals surface area contributed by atoms with Crippen molar-refractivity contribution in [3.8, 4) is 0 Å². The highest BCUT2D eigenvalue weighted by molar-refractivity contribution is 4.97. The summed E-state index contributed by atoms with van der Waals surface area (Å²) in [7, 11) is 2.31. The molecule has 0 radical (unpaired) electrons. The number of nitrogens with one attached hydrogen (secondary N) is 1. The molecule has 0 saturated carbocycles. The molecule has 2 heterocycles. The number of fused-ring (bicyclic) bond motifs is 2. The molecule has 2 bridgehead atoms. The Labute approximate surface area is 93.7 Å². The van der Waals surface area contributed by atoms with E-state index in [1.807, 2.05) is 0 Å². The van der Waals surface area contributed by atoms with E-state index in [4.69, 9.17) is 0 Å². The first-order valence-electron chi connectivity index (χ1n) is 6.26. The van der Waals surface area contributed by atoms with Gasteiger partial charge in [0.05, 0.1) is 0 Å². The molecule has 0 aromatic rings. The predicted molar refractivity (Wildman–Crippen MR) is 65.0 cm³/mol. The molecule has 2 fully saturated rings. The monoisotopic (exact) mass is 208 g/mol. The first-order valence-corrected chi connectivity index (χ1v) is 6.26. The second-order valence-electron chi connectivity index (χ2n) is 5.41. The van der Waals surface area contributed by atoms with Gasteiger partial charge >= 0.3 is 0 Å². The quantitative estimate of drug-likeness (QED) is 0.715. The van der Waals surface area contributed by atoms with Crippen molar-refractivity contribution in [1.82, 2.24) is 10.2 Å². The maximum Gasteiger partial charge on any atom is 0.0161 e. The summed E-state index contributed by atoms with van der Waals surface area (Å²) in [6.45, 7) is 7.05. The molecule has 0 aromatic carbocycles. The van der Waals surface area contributed by atoms with Gasteiger partial charge in [-0.3, -0.25) is 0 Å². The maximum atomic E-state index is 3.95. The van der Waals surface area contributed by atoms with E-state index in [9.17, 15) is 0 Å². The van der Waals surface area contributed by atoms with Crippen LogP contribution in [0.25, 0.3) is 0 Å². The van der Waals surface area contributed by atoms with Crippen molar-refractivity contribution in [2.75, 3.05) is 13.6 Å². The Balaban J connectivity index is 1.87. The molecule has 0 aliphatic carbocycles. The van der Waals surface area contributed by atoms with Crippen LogP contribution in [0.5, 0.6) is 0 Å². The van der Waals surface area contributed by atoms with Crippen LogP contribution in [-0.4, -0.2) is 36.6 Å². The van der Waals surface area contributed by atoms with Crippen molar-refractivity contribution < 1.29 is 0 Å². The maximum absolute atomic E-state index is 3.95. The van der Waals surface area contributed by atoms with E-state index >= 15 is 0 Å². The molecule has 1 N–H and O–H groups in total. The molecule has 2 unspecified atom stereocenters. The minimum atomic E-state index is 0.730. The number of hydrogen-bond donors (Lipinski definition) is 1. The Kier molecular flexibility index (Phi) is 3.47. The first kappa shape index (κ1) is 11.2. The lowest BCUT2D eigenvalue weighted by Gasteiger charge is -2.47. The van der Waals surface area contributed by atoms with Crippen molar-refractivity contribution in [3.05, 3.63) is 12.2 Å². The second kappa shape index (κ2) is 4.67. The Morgan fingerprint density at radius 1 is 1.33 bits per heavy atom. The van der Waals surface area contributed by atoms with Crippen molar-refractivity contribution in [2.45, 2.75) is 57.2 Å². The van der Waals surface area contributed by atoms with Gasteiger partial charge in [0, 0.05) is 24.7 Å². The van der Waals surface area contributed by atoms with Gasteiger partial charge in [0.2, 0.25) is 0 Å². The lowest BCUT2D eigenvalue weighted by molar-refractivity contribution is 0.0493. The van der Waals surface area contributed by atoms with Crippen LogP contribution in [0.4, 0.5) is 0 Å². The molecule has 2 saturated heterocycles. The van der Waals surface area contributed by atoms with Crippen LogP contribution in [0.1, 0.15) is 39.0 Å². The number of rotatable bonds is 3. The fourth-order valence-corrected chi connectivity index (χ4v) is 3.10. The molecular formula is C13H24N2. The lowest BCUT2D eigenvalue weighted by Crippen LogP contribution is -2.54. The van der Waals surface area contributed by atoms with Crippen LogP contribution < -0.4 is 5.32 Å². The summed E-state index contributed by atoms with van der Waals surface area (Å²) in [6, 6.07) is 2.40. The highest BCUT2D eigenvalue weighted by Crippen LogP contribution is 2.32. The van der Waals surface area contributed by atoms with Crippen LogP contribution in [0.15, 0.2) is 12.2 Å². The van der Waals surface area contributed by atoms with Gasteiger partial charge < -0.3 is 10.2 Å². The molecule has 15 heavy (non-hydrogen) atoms. The molecule has 2 heteroatoms. The zero-order valence-electron chi connectivity index (χ0n) is 10.1. The number of piperidine rings is 2. The van der Waals surface area contributed by atoms with E-state index in [1.54, 1.807) is 0 Å². The normalized spacial score (nSPS) is 36.5. The largest absolute Gasteiger partial charge is 0.310 e. The topological polar surface area (TPSA) is 15.3 Å². The van der Waals surface area contributed by atoms with Crippen LogP contribution in [0.2, 0.25) is 0 Å². The van der Waals surface area contributed by atoms with Crippen LogP contribution in [0.3, 0.4) is 0 Å². The van der Waals surface area contributed by atoms with E-state index < -0.39 is 0 Å². The van der Waals surface area contributed by atoms with Crippen molar-refractivity contribution in [2.24, 2.45) is 0 Å². The SMILES string of the molecule is C=C(C)CNC1CC2CCCC(C1)N2C. The molecule has 86 valence electrons. The second-order valence-corrected chi connectivity index (χ2v) is 5.41. The van der Waals surface area contributed by atoms with E-state index in [1.165, 1.54) is 37.7 Å². The standard InChI is InChI=1S/C13H24N2/c1-10(2)9-14-11-7-12-5-4-6-13(8-11)15(12)3/h11-14H,1,4-9H2,2-3H3. The average Bonchev–Trinajstić information content (AvgIpc) is 2.15. The zero-order valence-corrected chi connectivity index (χ0v) is 10.1. The van der Waals surface area contributed by atoms with E-state index in [-0.39, 0.29) is 0 Å². The van der Waals surface area contributed by atoms with E-state index in [0.717, 1.165) is 24.7 Å². The predicted octanol–water partition coefficient (Wildman–Crippen LogP) is 2.17. The fourth-order valence-electron chi connectivity index (χ4n) is 3.10. The third kappa shape index (κ3) is 2.61.